The minimum Gasteiger partial charge on any atom is -0.385 e. The number of rotatable bonds is 6. The third-order valence-corrected chi connectivity index (χ3v) is 3.78. The summed E-state index contributed by atoms with van der Waals surface area (Å²) in [4.78, 5) is 16.2. The number of carbonyl (C=O) groups is 1. The van der Waals surface area contributed by atoms with Crippen molar-refractivity contribution in [3.05, 3.63) is 40.4 Å². The van der Waals surface area contributed by atoms with Crippen LogP contribution in [0.1, 0.15) is 16.9 Å². The van der Waals surface area contributed by atoms with Crippen LogP contribution in [0.2, 0.25) is 5.02 Å². The van der Waals surface area contributed by atoms with Crippen LogP contribution in [0, 0.1) is 0 Å². The molecule has 6 heteroatoms. The van der Waals surface area contributed by atoms with Crippen molar-refractivity contribution in [2.75, 3.05) is 20.3 Å². The van der Waals surface area contributed by atoms with E-state index >= 15 is 0 Å². The maximum absolute atomic E-state index is 11.9. The third kappa shape index (κ3) is 4.03. The monoisotopic (exact) mass is 310 g/mol. The lowest BCUT2D eigenvalue weighted by atomic mass is 10.2. The molecule has 4 nitrogen and oxygen atoms in total. The van der Waals surface area contributed by atoms with Crippen LogP contribution in [0.25, 0.3) is 10.6 Å². The van der Waals surface area contributed by atoms with Crippen molar-refractivity contribution in [1.82, 2.24) is 10.3 Å². The molecule has 0 saturated heterocycles. The fourth-order valence-electron chi connectivity index (χ4n) is 1.61. The number of amides is 1. The van der Waals surface area contributed by atoms with E-state index in [4.69, 9.17) is 16.3 Å². The number of benzene rings is 1. The van der Waals surface area contributed by atoms with Gasteiger partial charge in [-0.25, -0.2) is 4.98 Å². The highest BCUT2D eigenvalue weighted by molar-refractivity contribution is 7.13. The maximum atomic E-state index is 11.9. The Morgan fingerprint density at radius 1 is 1.40 bits per heavy atom. The lowest BCUT2D eigenvalue weighted by Crippen LogP contribution is -2.25. The Kier molecular flexibility index (Phi) is 5.52. The highest BCUT2D eigenvalue weighted by atomic mass is 35.5. The molecular formula is C14H15ClN2O2S. The van der Waals surface area contributed by atoms with E-state index in [2.05, 4.69) is 10.3 Å². The second-order valence-electron chi connectivity index (χ2n) is 4.15. The van der Waals surface area contributed by atoms with Crippen molar-refractivity contribution < 1.29 is 9.53 Å². The summed E-state index contributed by atoms with van der Waals surface area (Å²) in [5.74, 6) is -0.155. The van der Waals surface area contributed by atoms with Gasteiger partial charge in [-0.2, -0.15) is 0 Å². The van der Waals surface area contributed by atoms with Crippen LogP contribution in [-0.4, -0.2) is 31.2 Å². The van der Waals surface area contributed by atoms with Gasteiger partial charge in [-0.1, -0.05) is 23.7 Å². The van der Waals surface area contributed by atoms with Crippen LogP contribution in [0.15, 0.2) is 29.6 Å². The SMILES string of the molecule is COCCCNC(=O)c1csc(-c2ccc(Cl)cc2)n1. The Labute approximate surface area is 126 Å². The first-order valence-electron chi connectivity index (χ1n) is 6.19. The Balaban J connectivity index is 1.98. The van der Waals surface area contributed by atoms with Crippen molar-refractivity contribution in [2.45, 2.75) is 6.42 Å². The van der Waals surface area contributed by atoms with Crippen LogP contribution in [0.5, 0.6) is 0 Å². The van der Waals surface area contributed by atoms with Gasteiger partial charge in [-0.15, -0.1) is 11.3 Å². The number of halogens is 1. The van der Waals surface area contributed by atoms with Gasteiger partial charge in [0.1, 0.15) is 10.7 Å². The molecule has 20 heavy (non-hydrogen) atoms. The lowest BCUT2D eigenvalue weighted by molar-refractivity contribution is 0.0944. The smallest absolute Gasteiger partial charge is 0.270 e. The first-order chi connectivity index (χ1) is 9.70. The molecule has 0 bridgehead atoms. The number of ether oxygens (including phenoxy) is 1. The first kappa shape index (κ1) is 15.0. The molecule has 0 fully saturated rings. The number of nitrogens with zero attached hydrogens (tertiary/aromatic N) is 1. The van der Waals surface area contributed by atoms with Gasteiger partial charge >= 0.3 is 0 Å². The minimum atomic E-state index is -0.155. The molecule has 0 saturated carbocycles. The summed E-state index contributed by atoms with van der Waals surface area (Å²) >= 11 is 7.29. The predicted octanol–water partition coefficient (Wildman–Crippen LogP) is 3.23. The number of carbonyl (C=O) groups excluding carboxylic acids is 1. The summed E-state index contributed by atoms with van der Waals surface area (Å²) in [7, 11) is 1.64. The maximum Gasteiger partial charge on any atom is 0.270 e. The predicted molar refractivity (Wildman–Crippen MR) is 81.4 cm³/mol. The van der Waals surface area contributed by atoms with Crippen molar-refractivity contribution >= 4 is 28.8 Å². The first-order valence-corrected chi connectivity index (χ1v) is 7.45. The number of aromatic nitrogens is 1. The number of thiazole rings is 1. The Morgan fingerprint density at radius 2 is 2.15 bits per heavy atom. The molecular weight excluding hydrogens is 296 g/mol. The fraction of sp³-hybridized carbons (Fsp3) is 0.286. The Hall–Kier alpha value is -1.43. The van der Waals surface area contributed by atoms with Gasteiger partial charge in [0.25, 0.3) is 5.91 Å². The van der Waals surface area contributed by atoms with E-state index in [1.54, 1.807) is 12.5 Å². The van der Waals surface area contributed by atoms with Gasteiger partial charge in [0.2, 0.25) is 0 Å². The van der Waals surface area contributed by atoms with E-state index in [-0.39, 0.29) is 5.91 Å². The summed E-state index contributed by atoms with van der Waals surface area (Å²) in [6, 6.07) is 7.40. The molecule has 0 aliphatic rings. The van der Waals surface area contributed by atoms with Crippen molar-refractivity contribution in [3.63, 3.8) is 0 Å². The van der Waals surface area contributed by atoms with Gasteiger partial charge in [-0.05, 0) is 18.6 Å². The van der Waals surface area contributed by atoms with Crippen molar-refractivity contribution in [1.29, 1.82) is 0 Å². The van der Waals surface area contributed by atoms with Gasteiger partial charge in [0.05, 0.1) is 0 Å². The van der Waals surface area contributed by atoms with Gasteiger partial charge in [-0.3, -0.25) is 4.79 Å². The summed E-state index contributed by atoms with van der Waals surface area (Å²) in [5.41, 5.74) is 1.40. The number of nitrogens with one attached hydrogen (secondary N) is 1. The van der Waals surface area contributed by atoms with E-state index in [9.17, 15) is 4.79 Å². The van der Waals surface area contributed by atoms with Crippen LogP contribution in [-0.2, 0) is 4.74 Å². The average molecular weight is 311 g/mol. The molecule has 0 unspecified atom stereocenters. The highest BCUT2D eigenvalue weighted by Crippen LogP contribution is 2.24. The Morgan fingerprint density at radius 3 is 2.85 bits per heavy atom. The molecule has 1 amide bonds. The molecule has 0 spiro atoms. The van der Waals surface area contributed by atoms with Crippen LogP contribution in [0.4, 0.5) is 0 Å². The fourth-order valence-corrected chi connectivity index (χ4v) is 2.54. The topological polar surface area (TPSA) is 51.2 Å². The second kappa shape index (κ2) is 7.38. The highest BCUT2D eigenvalue weighted by Gasteiger charge is 2.11. The van der Waals surface area contributed by atoms with Gasteiger partial charge in [0, 0.05) is 36.2 Å². The molecule has 106 valence electrons. The number of hydrogen-bond acceptors (Lipinski definition) is 4. The summed E-state index contributed by atoms with van der Waals surface area (Å²) in [6.45, 7) is 1.22. The van der Waals surface area contributed by atoms with Gasteiger partial charge < -0.3 is 10.1 Å². The normalized spacial score (nSPS) is 10.5. The summed E-state index contributed by atoms with van der Waals surface area (Å²) in [5, 5.41) is 6.06. The molecule has 1 N–H and O–H groups in total. The van der Waals surface area contributed by atoms with Crippen LogP contribution >= 0.6 is 22.9 Å². The molecule has 0 aliphatic carbocycles. The third-order valence-electron chi connectivity index (χ3n) is 2.64. The van der Waals surface area contributed by atoms with E-state index in [0.29, 0.717) is 23.9 Å². The molecule has 1 heterocycles. The molecule has 0 aliphatic heterocycles. The number of methoxy groups -OCH3 is 1. The average Bonchev–Trinajstić information content (AvgIpc) is 2.94. The molecule has 1 aromatic carbocycles. The number of hydrogen-bond donors (Lipinski definition) is 1. The quantitative estimate of drug-likeness (QED) is 0.833. The molecule has 0 atom stereocenters. The van der Waals surface area contributed by atoms with E-state index in [1.165, 1.54) is 11.3 Å². The second-order valence-corrected chi connectivity index (χ2v) is 5.44. The van der Waals surface area contributed by atoms with Crippen molar-refractivity contribution in [3.8, 4) is 10.6 Å². The van der Waals surface area contributed by atoms with Crippen LogP contribution in [0.3, 0.4) is 0 Å². The zero-order valence-electron chi connectivity index (χ0n) is 11.1. The van der Waals surface area contributed by atoms with Gasteiger partial charge in [0.15, 0.2) is 0 Å². The van der Waals surface area contributed by atoms with Crippen molar-refractivity contribution in [2.24, 2.45) is 0 Å². The summed E-state index contributed by atoms with van der Waals surface area (Å²) < 4.78 is 4.93. The molecule has 1 aromatic heterocycles. The molecule has 0 radical (unpaired) electrons. The van der Waals surface area contributed by atoms with Crippen LogP contribution < -0.4 is 5.32 Å². The van der Waals surface area contributed by atoms with E-state index in [1.807, 2.05) is 24.3 Å². The zero-order chi connectivity index (χ0) is 14.4. The largest absolute Gasteiger partial charge is 0.385 e. The van der Waals surface area contributed by atoms with E-state index in [0.717, 1.165) is 17.0 Å². The zero-order valence-corrected chi connectivity index (χ0v) is 12.6. The molecule has 2 aromatic rings. The Bertz CT molecular complexity index is 569. The molecule has 2 rings (SSSR count). The summed E-state index contributed by atoms with van der Waals surface area (Å²) in [6.07, 6.45) is 0.788. The lowest BCUT2D eigenvalue weighted by Gasteiger charge is -2.02. The minimum absolute atomic E-state index is 0.155. The standard InChI is InChI=1S/C14H15ClN2O2S/c1-19-8-2-7-16-13(18)12-9-20-14(17-12)10-3-5-11(15)6-4-10/h3-6,9H,2,7-8H2,1H3,(H,16,18). The van der Waals surface area contributed by atoms with E-state index < -0.39 is 0 Å².